The van der Waals surface area contributed by atoms with Crippen LogP contribution in [0.2, 0.25) is 0 Å². The number of aliphatic carboxylic acids is 1. The second-order valence-corrected chi connectivity index (χ2v) is 6.12. The fourth-order valence-corrected chi connectivity index (χ4v) is 3.06. The molecule has 7 nitrogen and oxygen atoms in total. The molecule has 1 heterocycles. The molecule has 1 aromatic heterocycles. The summed E-state index contributed by atoms with van der Waals surface area (Å²) < 4.78 is 6.82. The highest BCUT2D eigenvalue weighted by Crippen LogP contribution is 2.29. The molecule has 1 atom stereocenters. The molecule has 2 N–H and O–H groups in total. The van der Waals surface area contributed by atoms with Crippen LogP contribution in [0, 0.1) is 0 Å². The normalized spacial score (nSPS) is 18.1. The first-order valence-electron chi connectivity index (χ1n) is 7.52. The van der Waals surface area contributed by atoms with Crippen LogP contribution in [-0.2, 0) is 9.53 Å². The molecule has 1 saturated carbocycles. The molecule has 0 bridgehead atoms. The van der Waals surface area contributed by atoms with E-state index in [1.54, 1.807) is 23.9 Å². The second kappa shape index (κ2) is 6.91. The van der Waals surface area contributed by atoms with Crippen LogP contribution in [0.4, 0.5) is 0 Å². The zero-order chi connectivity index (χ0) is 16.2. The summed E-state index contributed by atoms with van der Waals surface area (Å²) in [6.45, 7) is 1.79. The van der Waals surface area contributed by atoms with E-state index in [0.717, 1.165) is 25.7 Å². The molecule has 7 heteroatoms. The first-order valence-corrected chi connectivity index (χ1v) is 7.52. The quantitative estimate of drug-likeness (QED) is 0.798. The third kappa shape index (κ3) is 3.85. The average molecular weight is 309 g/mol. The number of carboxylic acid groups (broad SMARTS) is 1. The second-order valence-electron chi connectivity index (χ2n) is 6.12. The van der Waals surface area contributed by atoms with E-state index in [9.17, 15) is 9.59 Å². The number of carbonyl (C=O) groups is 2. The van der Waals surface area contributed by atoms with Gasteiger partial charge in [0.2, 0.25) is 0 Å². The molecule has 0 aliphatic heterocycles. The molecule has 122 valence electrons. The molecule has 2 rings (SSSR count). The number of hydrogen-bond donors (Lipinski definition) is 2. The van der Waals surface area contributed by atoms with E-state index in [0.29, 0.717) is 5.69 Å². The predicted molar refractivity (Wildman–Crippen MR) is 79.7 cm³/mol. The van der Waals surface area contributed by atoms with E-state index < -0.39 is 11.5 Å². The summed E-state index contributed by atoms with van der Waals surface area (Å²) in [7, 11) is 1.48. The molecular weight excluding hydrogens is 286 g/mol. The van der Waals surface area contributed by atoms with Crippen LogP contribution in [0.25, 0.3) is 0 Å². The van der Waals surface area contributed by atoms with Gasteiger partial charge in [-0.1, -0.05) is 12.8 Å². The van der Waals surface area contributed by atoms with Crippen molar-refractivity contribution in [1.82, 2.24) is 15.1 Å². The minimum absolute atomic E-state index is 0.128. The third-order valence-corrected chi connectivity index (χ3v) is 3.99. The lowest BCUT2D eigenvalue weighted by Crippen LogP contribution is -2.51. The van der Waals surface area contributed by atoms with Crippen molar-refractivity contribution in [2.45, 2.75) is 50.6 Å². The first kappa shape index (κ1) is 16.5. The Morgan fingerprint density at radius 3 is 2.77 bits per heavy atom. The number of rotatable bonds is 7. The van der Waals surface area contributed by atoms with Gasteiger partial charge in [0.25, 0.3) is 5.91 Å². The molecule has 1 aliphatic rings. The van der Waals surface area contributed by atoms with Gasteiger partial charge in [-0.2, -0.15) is 5.10 Å². The van der Waals surface area contributed by atoms with Crippen LogP contribution in [0.3, 0.4) is 0 Å². The predicted octanol–water partition coefficient (Wildman–Crippen LogP) is 1.61. The maximum atomic E-state index is 12.5. The lowest BCUT2D eigenvalue weighted by Gasteiger charge is -2.28. The number of hydrogen-bond acceptors (Lipinski definition) is 4. The van der Waals surface area contributed by atoms with Crippen molar-refractivity contribution in [2.24, 2.45) is 0 Å². The molecule has 1 amide bonds. The van der Waals surface area contributed by atoms with E-state index in [1.807, 2.05) is 0 Å². The van der Waals surface area contributed by atoms with Gasteiger partial charge in [-0.25, -0.2) is 0 Å². The fourth-order valence-electron chi connectivity index (χ4n) is 3.06. The summed E-state index contributed by atoms with van der Waals surface area (Å²) in [5.74, 6) is -1.30. The van der Waals surface area contributed by atoms with Crippen molar-refractivity contribution in [3.8, 4) is 0 Å². The van der Waals surface area contributed by atoms with Gasteiger partial charge in [0.05, 0.1) is 24.6 Å². The van der Waals surface area contributed by atoms with Gasteiger partial charge in [0.15, 0.2) is 0 Å². The molecular formula is C15H23N3O4. The van der Waals surface area contributed by atoms with Crippen molar-refractivity contribution in [3.05, 3.63) is 18.0 Å². The zero-order valence-electron chi connectivity index (χ0n) is 13.0. The molecule has 1 fully saturated rings. The monoisotopic (exact) mass is 309 g/mol. The Kier molecular flexibility index (Phi) is 5.18. The maximum Gasteiger partial charge on any atom is 0.305 e. The number of aromatic nitrogens is 2. The summed E-state index contributed by atoms with van der Waals surface area (Å²) in [5, 5.41) is 16.1. The summed E-state index contributed by atoms with van der Waals surface area (Å²) in [6.07, 6.45) is 5.74. The molecule has 22 heavy (non-hydrogen) atoms. The van der Waals surface area contributed by atoms with Crippen LogP contribution in [-0.4, -0.2) is 46.0 Å². The van der Waals surface area contributed by atoms with Gasteiger partial charge in [0, 0.05) is 13.3 Å². The molecule has 1 aliphatic carbocycles. The van der Waals surface area contributed by atoms with Gasteiger partial charge in [0.1, 0.15) is 5.69 Å². The van der Waals surface area contributed by atoms with Crippen LogP contribution < -0.4 is 5.32 Å². The van der Waals surface area contributed by atoms with Gasteiger partial charge in [-0.05, 0) is 25.8 Å². The van der Waals surface area contributed by atoms with E-state index in [1.165, 1.54) is 7.11 Å². The lowest BCUT2D eigenvalue weighted by molar-refractivity contribution is -0.139. The molecule has 1 aromatic rings. The summed E-state index contributed by atoms with van der Waals surface area (Å²) >= 11 is 0. The molecule has 0 aromatic carbocycles. The van der Waals surface area contributed by atoms with Crippen LogP contribution in [0.5, 0.6) is 0 Å². The lowest BCUT2D eigenvalue weighted by atomic mass is 9.98. The largest absolute Gasteiger partial charge is 0.481 e. The number of carboxylic acids is 1. The fraction of sp³-hybridized carbons (Fsp3) is 0.667. The Labute approximate surface area is 129 Å². The zero-order valence-corrected chi connectivity index (χ0v) is 13.0. The molecule has 0 saturated heterocycles. The van der Waals surface area contributed by atoms with E-state index in [4.69, 9.17) is 9.84 Å². The highest BCUT2D eigenvalue weighted by Gasteiger charge is 2.32. The third-order valence-electron chi connectivity index (χ3n) is 3.99. The SMILES string of the molecule is COCC(C)(CC(=O)O)NC(=O)c1ccnn1C1CCCC1. The van der Waals surface area contributed by atoms with Gasteiger partial charge < -0.3 is 15.2 Å². The minimum Gasteiger partial charge on any atom is -0.481 e. The number of nitrogens with zero attached hydrogens (tertiary/aromatic N) is 2. The van der Waals surface area contributed by atoms with Crippen molar-refractivity contribution < 1.29 is 19.4 Å². The molecule has 0 radical (unpaired) electrons. The van der Waals surface area contributed by atoms with Crippen molar-refractivity contribution in [2.75, 3.05) is 13.7 Å². The van der Waals surface area contributed by atoms with Crippen LogP contribution in [0.15, 0.2) is 12.3 Å². The number of carbonyl (C=O) groups excluding carboxylic acids is 1. The standard InChI is InChI=1S/C15H23N3O4/c1-15(10-22-2,9-13(19)20)17-14(21)12-7-8-16-18(12)11-5-3-4-6-11/h7-8,11H,3-6,9-10H2,1-2H3,(H,17,21)(H,19,20). The maximum absolute atomic E-state index is 12.5. The number of ether oxygens (including phenoxy) is 1. The smallest absolute Gasteiger partial charge is 0.305 e. The Morgan fingerprint density at radius 1 is 1.50 bits per heavy atom. The van der Waals surface area contributed by atoms with E-state index >= 15 is 0 Å². The highest BCUT2D eigenvalue weighted by molar-refractivity contribution is 5.93. The Morgan fingerprint density at radius 2 is 2.18 bits per heavy atom. The number of nitrogens with one attached hydrogen (secondary N) is 1. The van der Waals surface area contributed by atoms with Crippen molar-refractivity contribution in [3.63, 3.8) is 0 Å². The molecule has 1 unspecified atom stereocenters. The Hall–Kier alpha value is -1.89. The Bertz CT molecular complexity index is 537. The summed E-state index contributed by atoms with van der Waals surface area (Å²) in [5.41, 5.74) is -0.484. The topological polar surface area (TPSA) is 93.4 Å². The van der Waals surface area contributed by atoms with Crippen LogP contribution >= 0.6 is 0 Å². The van der Waals surface area contributed by atoms with Gasteiger partial charge in [-0.15, -0.1) is 0 Å². The first-order chi connectivity index (χ1) is 10.4. The van der Waals surface area contributed by atoms with Crippen LogP contribution in [0.1, 0.15) is 55.6 Å². The average Bonchev–Trinajstić information content (AvgIpc) is 3.08. The van der Waals surface area contributed by atoms with Gasteiger partial charge >= 0.3 is 5.97 Å². The summed E-state index contributed by atoms with van der Waals surface area (Å²) in [6, 6.07) is 1.92. The van der Waals surface area contributed by atoms with Gasteiger partial charge in [-0.3, -0.25) is 14.3 Å². The Balaban J connectivity index is 2.13. The van der Waals surface area contributed by atoms with E-state index in [2.05, 4.69) is 10.4 Å². The molecule has 0 spiro atoms. The minimum atomic E-state index is -0.982. The highest BCUT2D eigenvalue weighted by atomic mass is 16.5. The van der Waals surface area contributed by atoms with Crippen molar-refractivity contribution >= 4 is 11.9 Å². The van der Waals surface area contributed by atoms with E-state index in [-0.39, 0.29) is 25.0 Å². The number of amides is 1. The summed E-state index contributed by atoms with van der Waals surface area (Å²) in [4.78, 5) is 23.5. The van der Waals surface area contributed by atoms with Crippen molar-refractivity contribution in [1.29, 1.82) is 0 Å². The number of methoxy groups -OCH3 is 1.